The molecule has 0 amide bonds. The number of nitrogens with zero attached hydrogens (tertiary/aromatic N) is 2. The molecule has 0 aliphatic carbocycles. The summed E-state index contributed by atoms with van der Waals surface area (Å²) < 4.78 is 2.20. The van der Waals surface area contributed by atoms with Gasteiger partial charge in [-0.3, -0.25) is 0 Å². The van der Waals surface area contributed by atoms with E-state index in [9.17, 15) is 0 Å². The van der Waals surface area contributed by atoms with Crippen LogP contribution in [-0.4, -0.2) is 9.55 Å². The predicted molar refractivity (Wildman–Crippen MR) is 72.8 cm³/mol. The van der Waals surface area contributed by atoms with Crippen LogP contribution in [0.4, 0.5) is 0 Å². The highest BCUT2D eigenvalue weighted by Gasteiger charge is 2.20. The standard InChI is InChI=1S/C14H27N3/c1-5-6-7-8-14(3,4)10-17-11-16-9-13(17)12(2)15/h9,11-12H,5-8,10,15H2,1-4H3. The highest BCUT2D eigenvalue weighted by Crippen LogP contribution is 2.27. The Morgan fingerprint density at radius 2 is 2.12 bits per heavy atom. The molecule has 0 spiro atoms. The van der Waals surface area contributed by atoms with E-state index >= 15 is 0 Å². The number of hydrogen-bond donors (Lipinski definition) is 1. The Labute approximate surface area is 105 Å². The zero-order valence-corrected chi connectivity index (χ0v) is 11.7. The van der Waals surface area contributed by atoms with E-state index in [1.165, 1.54) is 25.7 Å². The van der Waals surface area contributed by atoms with Crippen LogP contribution in [0.2, 0.25) is 0 Å². The van der Waals surface area contributed by atoms with Gasteiger partial charge in [-0.05, 0) is 18.8 Å². The van der Waals surface area contributed by atoms with Gasteiger partial charge in [0.05, 0.1) is 12.0 Å². The summed E-state index contributed by atoms with van der Waals surface area (Å²) in [5, 5.41) is 0. The van der Waals surface area contributed by atoms with Gasteiger partial charge in [-0.15, -0.1) is 0 Å². The average Bonchev–Trinajstić information content (AvgIpc) is 2.65. The predicted octanol–water partition coefficient (Wildman–Crippen LogP) is 3.51. The Morgan fingerprint density at radius 3 is 2.71 bits per heavy atom. The maximum Gasteiger partial charge on any atom is 0.0948 e. The summed E-state index contributed by atoms with van der Waals surface area (Å²) >= 11 is 0. The molecule has 0 saturated carbocycles. The molecule has 17 heavy (non-hydrogen) atoms. The molecule has 1 unspecified atom stereocenters. The minimum absolute atomic E-state index is 0.0592. The van der Waals surface area contributed by atoms with Gasteiger partial charge in [0, 0.05) is 18.8 Å². The van der Waals surface area contributed by atoms with Crippen LogP contribution in [0.1, 0.15) is 65.1 Å². The third kappa shape index (κ3) is 4.50. The van der Waals surface area contributed by atoms with Crippen molar-refractivity contribution in [2.45, 2.75) is 66.0 Å². The second kappa shape index (κ2) is 6.20. The molecule has 98 valence electrons. The molecular weight excluding hydrogens is 210 g/mol. The minimum Gasteiger partial charge on any atom is -0.333 e. The van der Waals surface area contributed by atoms with Gasteiger partial charge < -0.3 is 10.3 Å². The first-order chi connectivity index (χ1) is 7.96. The summed E-state index contributed by atoms with van der Waals surface area (Å²) in [5.74, 6) is 0. The van der Waals surface area contributed by atoms with Gasteiger partial charge in [-0.2, -0.15) is 0 Å². The Balaban J connectivity index is 2.59. The third-order valence-corrected chi connectivity index (χ3v) is 3.27. The van der Waals surface area contributed by atoms with E-state index in [1.807, 2.05) is 19.4 Å². The molecule has 0 aliphatic rings. The van der Waals surface area contributed by atoms with Gasteiger partial charge in [0.15, 0.2) is 0 Å². The first kappa shape index (κ1) is 14.2. The van der Waals surface area contributed by atoms with E-state index in [2.05, 4.69) is 30.3 Å². The van der Waals surface area contributed by atoms with Gasteiger partial charge in [0.2, 0.25) is 0 Å². The number of imidazole rings is 1. The zero-order valence-electron chi connectivity index (χ0n) is 11.7. The van der Waals surface area contributed by atoms with E-state index in [1.54, 1.807) is 0 Å². The maximum absolute atomic E-state index is 5.94. The Kier molecular flexibility index (Phi) is 5.19. The lowest BCUT2D eigenvalue weighted by Crippen LogP contribution is -2.22. The highest BCUT2D eigenvalue weighted by molar-refractivity contribution is 5.03. The van der Waals surface area contributed by atoms with E-state index in [-0.39, 0.29) is 6.04 Å². The molecular formula is C14H27N3. The Bertz CT molecular complexity index is 326. The topological polar surface area (TPSA) is 43.8 Å². The lowest BCUT2D eigenvalue weighted by atomic mass is 9.86. The lowest BCUT2D eigenvalue weighted by molar-refractivity contribution is 0.267. The molecule has 2 N–H and O–H groups in total. The third-order valence-electron chi connectivity index (χ3n) is 3.27. The molecule has 1 aromatic heterocycles. The quantitative estimate of drug-likeness (QED) is 0.737. The summed E-state index contributed by atoms with van der Waals surface area (Å²) in [6.45, 7) is 9.92. The summed E-state index contributed by atoms with van der Waals surface area (Å²) in [4.78, 5) is 4.21. The molecule has 3 heteroatoms. The van der Waals surface area contributed by atoms with Crippen LogP contribution >= 0.6 is 0 Å². The molecule has 1 atom stereocenters. The highest BCUT2D eigenvalue weighted by atomic mass is 15.1. The second-order valence-electron chi connectivity index (χ2n) is 5.86. The van der Waals surface area contributed by atoms with Crippen LogP contribution in [0.5, 0.6) is 0 Å². The van der Waals surface area contributed by atoms with Crippen molar-refractivity contribution in [3.05, 3.63) is 18.2 Å². The number of aromatic nitrogens is 2. The summed E-state index contributed by atoms with van der Waals surface area (Å²) in [6.07, 6.45) is 8.97. The van der Waals surface area contributed by atoms with Crippen molar-refractivity contribution in [3.63, 3.8) is 0 Å². The van der Waals surface area contributed by atoms with Crippen LogP contribution < -0.4 is 5.73 Å². The van der Waals surface area contributed by atoms with Gasteiger partial charge in [0.25, 0.3) is 0 Å². The largest absolute Gasteiger partial charge is 0.333 e. The fraction of sp³-hybridized carbons (Fsp3) is 0.786. The first-order valence-electron chi connectivity index (χ1n) is 6.72. The van der Waals surface area contributed by atoms with Crippen molar-refractivity contribution in [2.75, 3.05) is 0 Å². The van der Waals surface area contributed by atoms with Gasteiger partial charge >= 0.3 is 0 Å². The Morgan fingerprint density at radius 1 is 1.41 bits per heavy atom. The van der Waals surface area contributed by atoms with Crippen LogP contribution in [0.25, 0.3) is 0 Å². The van der Waals surface area contributed by atoms with E-state index in [0.717, 1.165) is 12.2 Å². The molecule has 0 aliphatic heterocycles. The molecule has 0 aromatic carbocycles. The number of rotatable bonds is 7. The fourth-order valence-electron chi connectivity index (χ4n) is 2.24. The van der Waals surface area contributed by atoms with Crippen molar-refractivity contribution in [1.29, 1.82) is 0 Å². The number of unbranched alkanes of at least 4 members (excludes halogenated alkanes) is 2. The number of nitrogens with two attached hydrogens (primary N) is 1. The smallest absolute Gasteiger partial charge is 0.0948 e. The van der Waals surface area contributed by atoms with Crippen molar-refractivity contribution in [3.8, 4) is 0 Å². The monoisotopic (exact) mass is 237 g/mol. The van der Waals surface area contributed by atoms with Crippen molar-refractivity contribution in [1.82, 2.24) is 9.55 Å². The first-order valence-corrected chi connectivity index (χ1v) is 6.72. The van der Waals surface area contributed by atoms with Crippen molar-refractivity contribution in [2.24, 2.45) is 11.1 Å². The molecule has 1 aromatic rings. The summed E-state index contributed by atoms with van der Waals surface area (Å²) in [7, 11) is 0. The maximum atomic E-state index is 5.94. The van der Waals surface area contributed by atoms with Crippen LogP contribution in [0.3, 0.4) is 0 Å². The second-order valence-corrected chi connectivity index (χ2v) is 5.86. The number of hydrogen-bond acceptors (Lipinski definition) is 2. The molecule has 1 rings (SSSR count). The molecule has 0 bridgehead atoms. The molecule has 0 saturated heterocycles. The SMILES string of the molecule is CCCCCC(C)(C)Cn1cncc1C(C)N. The summed E-state index contributed by atoms with van der Waals surface area (Å²) in [5.41, 5.74) is 7.39. The van der Waals surface area contributed by atoms with E-state index < -0.39 is 0 Å². The molecule has 0 radical (unpaired) electrons. The minimum atomic E-state index is 0.0592. The van der Waals surface area contributed by atoms with Crippen LogP contribution in [0.15, 0.2) is 12.5 Å². The molecule has 3 nitrogen and oxygen atoms in total. The lowest BCUT2D eigenvalue weighted by Gasteiger charge is -2.26. The van der Waals surface area contributed by atoms with Crippen LogP contribution in [-0.2, 0) is 6.54 Å². The summed E-state index contributed by atoms with van der Waals surface area (Å²) in [6, 6.07) is 0.0592. The van der Waals surface area contributed by atoms with Crippen LogP contribution in [0, 0.1) is 5.41 Å². The van der Waals surface area contributed by atoms with E-state index in [4.69, 9.17) is 5.73 Å². The average molecular weight is 237 g/mol. The Hall–Kier alpha value is -0.830. The molecule has 1 heterocycles. The van der Waals surface area contributed by atoms with Gasteiger partial charge in [-0.1, -0.05) is 40.0 Å². The van der Waals surface area contributed by atoms with Gasteiger partial charge in [-0.25, -0.2) is 4.98 Å². The van der Waals surface area contributed by atoms with E-state index in [0.29, 0.717) is 5.41 Å². The van der Waals surface area contributed by atoms with Crippen molar-refractivity contribution < 1.29 is 0 Å². The fourth-order valence-corrected chi connectivity index (χ4v) is 2.24. The normalized spacial score (nSPS) is 13.9. The van der Waals surface area contributed by atoms with Crippen molar-refractivity contribution >= 4 is 0 Å². The zero-order chi connectivity index (χ0) is 12.9. The molecule has 0 fully saturated rings. The van der Waals surface area contributed by atoms with Gasteiger partial charge in [0.1, 0.15) is 0 Å².